The molecule has 4 N–H and O–H groups in total. The van der Waals surface area contributed by atoms with Gasteiger partial charge < -0.3 is 10.5 Å². The Hall–Kier alpha value is -3.23. The maximum Gasteiger partial charge on any atom is 0.318 e. The summed E-state index contributed by atoms with van der Waals surface area (Å²) in [7, 11) is 0. The molecule has 2 rings (SSSR count). The number of aromatic amines is 1. The maximum atomic E-state index is 11.9. The number of carbonyl (C=O) groups is 3. The van der Waals surface area contributed by atoms with Crippen molar-refractivity contribution in [2.45, 2.75) is 19.4 Å². The van der Waals surface area contributed by atoms with E-state index in [4.69, 9.17) is 10.5 Å². The van der Waals surface area contributed by atoms with Crippen LogP contribution < -0.4 is 16.6 Å². The zero-order valence-corrected chi connectivity index (χ0v) is 12.2. The molecule has 1 aromatic heterocycles. The minimum atomic E-state index is -1.19. The Labute approximate surface area is 129 Å². The molecular weight excluding hydrogens is 304 g/mol. The highest BCUT2D eigenvalue weighted by Crippen LogP contribution is 2.13. The minimum absolute atomic E-state index is 0.245. The smallest absolute Gasteiger partial charge is 0.318 e. The summed E-state index contributed by atoms with van der Waals surface area (Å²) in [5, 5.41) is 8.85. The summed E-state index contributed by atoms with van der Waals surface area (Å²) in [4.78, 5) is 45.6. The molecule has 23 heavy (non-hydrogen) atoms. The normalized spacial score (nSPS) is 11.7. The van der Waals surface area contributed by atoms with E-state index in [0.717, 1.165) is 0 Å². The Bertz CT molecular complexity index is 829. The van der Waals surface area contributed by atoms with Crippen LogP contribution in [-0.4, -0.2) is 34.2 Å². The van der Waals surface area contributed by atoms with Crippen LogP contribution in [-0.2, 0) is 20.7 Å². The Morgan fingerprint density at radius 2 is 1.96 bits per heavy atom. The summed E-state index contributed by atoms with van der Waals surface area (Å²) >= 11 is 0. The van der Waals surface area contributed by atoms with Gasteiger partial charge >= 0.3 is 12.0 Å². The SMILES string of the molecule is C[C@H](OC(=O)Cc1n[nH]c(=O)c2ccccc12)C(=O)NC(N)=O. The quantitative estimate of drug-likeness (QED) is 0.654. The van der Waals surface area contributed by atoms with E-state index in [1.165, 1.54) is 6.92 Å². The predicted molar refractivity (Wildman–Crippen MR) is 79.3 cm³/mol. The van der Waals surface area contributed by atoms with Gasteiger partial charge in [-0.15, -0.1) is 0 Å². The van der Waals surface area contributed by atoms with Gasteiger partial charge in [-0.25, -0.2) is 9.89 Å². The third-order valence-corrected chi connectivity index (χ3v) is 3.01. The Morgan fingerprint density at radius 1 is 1.30 bits per heavy atom. The van der Waals surface area contributed by atoms with Gasteiger partial charge in [0.2, 0.25) is 0 Å². The standard InChI is InChI=1S/C14H14N4O5/c1-7(12(20)16-14(15)22)23-11(19)6-10-8-4-2-3-5-9(8)13(21)18-17-10/h2-5,7H,6H2,1H3,(H,18,21)(H3,15,16,20,22)/t7-/m0/s1. The molecule has 0 aliphatic heterocycles. The lowest BCUT2D eigenvalue weighted by Gasteiger charge is -2.12. The Morgan fingerprint density at radius 3 is 2.61 bits per heavy atom. The average molecular weight is 318 g/mol. The first-order chi connectivity index (χ1) is 10.9. The van der Waals surface area contributed by atoms with Crippen LogP contribution in [0, 0.1) is 0 Å². The predicted octanol–water partition coefficient (Wildman–Crippen LogP) is -0.408. The largest absolute Gasteiger partial charge is 0.452 e. The lowest BCUT2D eigenvalue weighted by molar-refractivity contribution is -0.153. The molecule has 0 bridgehead atoms. The van der Waals surface area contributed by atoms with Crippen molar-refractivity contribution in [1.82, 2.24) is 15.5 Å². The molecule has 9 heteroatoms. The highest BCUT2D eigenvalue weighted by molar-refractivity contribution is 5.96. The molecule has 0 unspecified atom stereocenters. The topological polar surface area (TPSA) is 144 Å². The highest BCUT2D eigenvalue weighted by atomic mass is 16.5. The van der Waals surface area contributed by atoms with Crippen molar-refractivity contribution >= 4 is 28.7 Å². The van der Waals surface area contributed by atoms with E-state index in [9.17, 15) is 19.2 Å². The van der Waals surface area contributed by atoms with Crippen LogP contribution in [0.3, 0.4) is 0 Å². The molecule has 9 nitrogen and oxygen atoms in total. The van der Waals surface area contributed by atoms with Crippen LogP contribution in [0.25, 0.3) is 10.8 Å². The van der Waals surface area contributed by atoms with Crippen molar-refractivity contribution in [3.63, 3.8) is 0 Å². The van der Waals surface area contributed by atoms with Gasteiger partial charge in [-0.3, -0.25) is 19.7 Å². The minimum Gasteiger partial charge on any atom is -0.452 e. The number of hydrogen-bond acceptors (Lipinski definition) is 6. The molecule has 0 aliphatic rings. The molecule has 1 atom stereocenters. The van der Waals surface area contributed by atoms with Gasteiger partial charge in [-0.1, -0.05) is 18.2 Å². The maximum absolute atomic E-state index is 11.9. The Kier molecular flexibility index (Phi) is 4.69. The third kappa shape index (κ3) is 3.90. The van der Waals surface area contributed by atoms with E-state index in [-0.39, 0.29) is 12.0 Å². The second kappa shape index (κ2) is 6.69. The zero-order valence-electron chi connectivity index (χ0n) is 12.2. The molecule has 120 valence electrons. The number of imide groups is 1. The number of nitrogens with two attached hydrogens (primary N) is 1. The number of fused-ring (bicyclic) bond motifs is 1. The second-order valence-electron chi connectivity index (χ2n) is 4.71. The van der Waals surface area contributed by atoms with Crippen LogP contribution in [0.2, 0.25) is 0 Å². The van der Waals surface area contributed by atoms with Crippen molar-refractivity contribution in [1.29, 1.82) is 0 Å². The zero-order chi connectivity index (χ0) is 17.0. The third-order valence-electron chi connectivity index (χ3n) is 3.01. The molecule has 0 saturated heterocycles. The number of benzene rings is 1. The van der Waals surface area contributed by atoms with Crippen molar-refractivity contribution < 1.29 is 19.1 Å². The number of hydrogen-bond donors (Lipinski definition) is 3. The molecule has 0 fully saturated rings. The van der Waals surface area contributed by atoms with E-state index in [0.29, 0.717) is 16.5 Å². The fraction of sp³-hybridized carbons (Fsp3) is 0.214. The van der Waals surface area contributed by atoms with Gasteiger partial charge in [0, 0.05) is 5.39 Å². The lowest BCUT2D eigenvalue weighted by Crippen LogP contribution is -2.42. The van der Waals surface area contributed by atoms with E-state index in [1.807, 2.05) is 5.32 Å². The molecule has 1 aromatic carbocycles. The molecule has 1 heterocycles. The van der Waals surface area contributed by atoms with E-state index in [2.05, 4.69) is 10.2 Å². The number of ether oxygens (including phenoxy) is 1. The summed E-state index contributed by atoms with van der Waals surface area (Å²) in [6.07, 6.45) is -1.44. The van der Waals surface area contributed by atoms with E-state index >= 15 is 0 Å². The van der Waals surface area contributed by atoms with Crippen LogP contribution in [0.4, 0.5) is 4.79 Å². The summed E-state index contributed by atoms with van der Waals surface area (Å²) in [6.45, 7) is 1.30. The Balaban J connectivity index is 2.12. The summed E-state index contributed by atoms with van der Waals surface area (Å²) in [6, 6.07) is 5.62. The monoisotopic (exact) mass is 318 g/mol. The van der Waals surface area contributed by atoms with Gasteiger partial charge in [0.1, 0.15) is 0 Å². The number of H-pyrrole nitrogens is 1. The van der Waals surface area contributed by atoms with Gasteiger partial charge in [0.15, 0.2) is 6.10 Å². The number of aromatic nitrogens is 2. The first kappa shape index (κ1) is 16.1. The van der Waals surface area contributed by atoms with E-state index in [1.54, 1.807) is 24.3 Å². The van der Waals surface area contributed by atoms with Gasteiger partial charge in [-0.2, -0.15) is 5.10 Å². The van der Waals surface area contributed by atoms with Crippen molar-refractivity contribution in [3.8, 4) is 0 Å². The molecule has 0 radical (unpaired) electrons. The van der Waals surface area contributed by atoms with Crippen LogP contribution >= 0.6 is 0 Å². The van der Waals surface area contributed by atoms with Crippen molar-refractivity contribution in [2.75, 3.05) is 0 Å². The number of nitrogens with one attached hydrogen (secondary N) is 2. The van der Waals surface area contributed by atoms with Gasteiger partial charge in [0.05, 0.1) is 17.5 Å². The average Bonchev–Trinajstić information content (AvgIpc) is 2.49. The number of rotatable bonds is 4. The van der Waals surface area contributed by atoms with Crippen LogP contribution in [0.15, 0.2) is 29.1 Å². The number of esters is 1. The van der Waals surface area contributed by atoms with Gasteiger partial charge in [0.25, 0.3) is 11.5 Å². The molecule has 0 saturated carbocycles. The summed E-state index contributed by atoms with van der Waals surface area (Å²) < 4.78 is 4.91. The van der Waals surface area contributed by atoms with Crippen molar-refractivity contribution in [2.24, 2.45) is 5.73 Å². The fourth-order valence-corrected chi connectivity index (χ4v) is 1.96. The first-order valence-corrected chi connectivity index (χ1v) is 6.64. The van der Waals surface area contributed by atoms with Crippen LogP contribution in [0.5, 0.6) is 0 Å². The number of nitrogens with zero attached hydrogens (tertiary/aromatic N) is 1. The number of carbonyl (C=O) groups excluding carboxylic acids is 3. The van der Waals surface area contributed by atoms with E-state index < -0.39 is 24.0 Å². The van der Waals surface area contributed by atoms with Crippen LogP contribution in [0.1, 0.15) is 12.6 Å². The first-order valence-electron chi connectivity index (χ1n) is 6.64. The molecular formula is C14H14N4O5. The number of primary amides is 1. The second-order valence-corrected chi connectivity index (χ2v) is 4.71. The lowest BCUT2D eigenvalue weighted by atomic mass is 10.1. The number of urea groups is 1. The molecule has 3 amide bonds. The molecule has 0 spiro atoms. The highest BCUT2D eigenvalue weighted by Gasteiger charge is 2.20. The van der Waals surface area contributed by atoms with Gasteiger partial charge in [-0.05, 0) is 13.0 Å². The summed E-state index contributed by atoms with van der Waals surface area (Å²) in [5.74, 6) is -1.56. The molecule has 0 aliphatic carbocycles. The summed E-state index contributed by atoms with van der Waals surface area (Å²) in [5.41, 5.74) is 4.75. The fourth-order valence-electron chi connectivity index (χ4n) is 1.96. The molecule has 2 aromatic rings. The number of amides is 3. The van der Waals surface area contributed by atoms with Crippen molar-refractivity contribution in [3.05, 3.63) is 40.3 Å².